The molecule has 1 heterocycles. The van der Waals surface area contributed by atoms with E-state index in [0.717, 1.165) is 12.8 Å². The molecule has 0 aliphatic carbocycles. The van der Waals surface area contributed by atoms with E-state index < -0.39 is 29.8 Å². The number of aliphatic hydroxyl groups excluding tert-OH is 1. The van der Waals surface area contributed by atoms with E-state index in [-0.39, 0.29) is 61.4 Å². The predicted molar refractivity (Wildman–Crippen MR) is 195 cm³/mol. The third kappa shape index (κ3) is 16.6. The van der Waals surface area contributed by atoms with Crippen LogP contribution in [-0.2, 0) is 23.8 Å². The molecule has 1 saturated heterocycles. The molecular weight excluding hydrogens is 656 g/mol. The topological polar surface area (TPSA) is 165 Å². The maximum atomic E-state index is 13.4. The number of aliphatic hydroxyl groups is 1. The van der Waals surface area contributed by atoms with Gasteiger partial charge in [0.2, 0.25) is 11.8 Å². The van der Waals surface area contributed by atoms with Crippen molar-refractivity contribution in [2.45, 2.75) is 98.3 Å². The highest BCUT2D eigenvalue weighted by Gasteiger charge is 2.33. The van der Waals surface area contributed by atoms with Crippen LogP contribution >= 0.6 is 0 Å². The van der Waals surface area contributed by atoms with Crippen LogP contribution in [-0.4, -0.2) is 111 Å². The molecule has 1 fully saturated rings. The summed E-state index contributed by atoms with van der Waals surface area (Å²) in [5, 5.41) is 20.4. The number of nitrogens with one attached hydrogen (secondary N) is 3. The molecule has 4 amide bonds. The molecule has 51 heavy (non-hydrogen) atoms. The van der Waals surface area contributed by atoms with Crippen LogP contribution in [0.1, 0.15) is 90.9 Å². The van der Waals surface area contributed by atoms with Gasteiger partial charge in [0, 0.05) is 52.2 Å². The Morgan fingerprint density at radius 2 is 1.61 bits per heavy atom. The molecule has 0 aromatic heterocycles. The monoisotopic (exact) mass is 720 g/mol. The Bertz CT molecular complexity index is 1210. The van der Waals surface area contributed by atoms with Crippen LogP contribution in [0.25, 0.3) is 0 Å². The lowest BCUT2D eigenvalue weighted by atomic mass is 9.82. The van der Waals surface area contributed by atoms with Crippen LogP contribution in [0, 0.1) is 23.7 Å². The molecule has 4 atom stereocenters. The third-order valence-electron chi connectivity index (χ3n) is 8.96. The number of amides is 4. The molecule has 1 aromatic rings. The summed E-state index contributed by atoms with van der Waals surface area (Å²) in [6.45, 7) is 16.8. The second-order valence-corrected chi connectivity index (χ2v) is 14.9. The largest absolute Gasteiger partial charge is 0.493 e. The van der Waals surface area contributed by atoms with Crippen molar-refractivity contribution < 1.29 is 43.2 Å². The van der Waals surface area contributed by atoms with E-state index in [2.05, 4.69) is 16.0 Å². The average Bonchev–Trinajstić information content (AvgIpc) is 3.07. The molecular formula is C38H64N4O9. The van der Waals surface area contributed by atoms with Gasteiger partial charge in [0.15, 0.2) is 0 Å². The minimum absolute atomic E-state index is 0.0397. The van der Waals surface area contributed by atoms with Crippen LogP contribution in [0.2, 0.25) is 0 Å². The molecule has 0 spiro atoms. The van der Waals surface area contributed by atoms with Crippen molar-refractivity contribution in [1.82, 2.24) is 20.9 Å². The van der Waals surface area contributed by atoms with Crippen molar-refractivity contribution in [2.24, 2.45) is 23.7 Å². The van der Waals surface area contributed by atoms with Crippen LogP contribution in [0.3, 0.4) is 0 Å². The van der Waals surface area contributed by atoms with E-state index in [1.165, 1.54) is 0 Å². The lowest BCUT2D eigenvalue weighted by Gasteiger charge is -2.33. The number of para-hydroxylation sites is 1. The molecule has 1 aliphatic heterocycles. The van der Waals surface area contributed by atoms with Gasteiger partial charge in [0.1, 0.15) is 11.4 Å². The number of rotatable bonds is 21. The summed E-state index contributed by atoms with van der Waals surface area (Å²) in [4.78, 5) is 54.0. The Labute approximate surface area is 304 Å². The van der Waals surface area contributed by atoms with E-state index in [9.17, 15) is 24.3 Å². The molecule has 290 valence electrons. The molecule has 13 nitrogen and oxygen atoms in total. The lowest BCUT2D eigenvalue weighted by Crippen LogP contribution is -2.49. The van der Waals surface area contributed by atoms with Crippen LogP contribution in [0.5, 0.6) is 5.75 Å². The molecule has 1 aromatic carbocycles. The van der Waals surface area contributed by atoms with Gasteiger partial charge >= 0.3 is 6.09 Å². The fourth-order valence-corrected chi connectivity index (χ4v) is 5.82. The van der Waals surface area contributed by atoms with Crippen molar-refractivity contribution in [3.8, 4) is 5.75 Å². The standard InChI is InChI=1S/C38H64N4O9/c1-26(2)28(25-40-35(45)29-13-9-10-14-33(29)50-20-12-11-19-48-8)23-31(41-37(47)51-38(5,6)7)32(43)24-30(27(3)4)36(46)39-16-15-34(44)42-17-21-49-22-18-42/h9-10,13-14,26-28,30-32,43H,11-12,15-25H2,1-8H3,(H,39,46)(H,40,45)(H,41,47)/t28-,30+,31+,32+/m1/s1. The predicted octanol–water partition coefficient (Wildman–Crippen LogP) is 4.17. The number of morpholine rings is 1. The van der Waals surface area contributed by atoms with E-state index >= 15 is 0 Å². The summed E-state index contributed by atoms with van der Waals surface area (Å²) in [5.74, 6) is -0.872. The number of unbranched alkanes of at least 4 members (excludes halogenated alkanes) is 1. The van der Waals surface area contributed by atoms with Gasteiger partial charge in [-0.25, -0.2) is 4.79 Å². The van der Waals surface area contributed by atoms with Gasteiger partial charge in [-0.05, 0) is 76.3 Å². The lowest BCUT2D eigenvalue weighted by molar-refractivity contribution is -0.135. The van der Waals surface area contributed by atoms with Gasteiger partial charge in [-0.2, -0.15) is 0 Å². The van der Waals surface area contributed by atoms with Crippen LogP contribution in [0.15, 0.2) is 24.3 Å². The Morgan fingerprint density at radius 3 is 2.24 bits per heavy atom. The van der Waals surface area contributed by atoms with E-state index in [1.807, 2.05) is 33.8 Å². The first-order chi connectivity index (χ1) is 24.1. The highest BCUT2D eigenvalue weighted by atomic mass is 16.6. The summed E-state index contributed by atoms with van der Waals surface area (Å²) in [6.07, 6.45) is 0.432. The van der Waals surface area contributed by atoms with Gasteiger partial charge in [-0.1, -0.05) is 39.8 Å². The van der Waals surface area contributed by atoms with Gasteiger partial charge in [0.25, 0.3) is 5.91 Å². The molecule has 2 rings (SSSR count). The van der Waals surface area contributed by atoms with E-state index in [0.29, 0.717) is 57.3 Å². The smallest absolute Gasteiger partial charge is 0.407 e. The molecule has 4 N–H and O–H groups in total. The summed E-state index contributed by atoms with van der Waals surface area (Å²) in [6, 6.07) is 6.32. The Hall–Kier alpha value is -3.42. The highest BCUT2D eigenvalue weighted by molar-refractivity contribution is 5.96. The summed E-state index contributed by atoms with van der Waals surface area (Å²) < 4.78 is 21.9. The third-order valence-corrected chi connectivity index (χ3v) is 8.96. The number of hydrogen-bond donors (Lipinski definition) is 4. The van der Waals surface area contributed by atoms with Crippen LogP contribution in [0.4, 0.5) is 4.79 Å². The number of nitrogens with zero attached hydrogens (tertiary/aromatic N) is 1. The van der Waals surface area contributed by atoms with Crippen molar-refractivity contribution in [3.63, 3.8) is 0 Å². The zero-order valence-electron chi connectivity index (χ0n) is 32.1. The van der Waals surface area contributed by atoms with Crippen molar-refractivity contribution in [2.75, 3.05) is 59.7 Å². The molecule has 0 unspecified atom stereocenters. The minimum atomic E-state index is -1.10. The van der Waals surface area contributed by atoms with Gasteiger partial charge in [-0.3, -0.25) is 14.4 Å². The molecule has 0 saturated carbocycles. The fourth-order valence-electron chi connectivity index (χ4n) is 5.82. The Morgan fingerprint density at radius 1 is 0.941 bits per heavy atom. The Balaban J connectivity index is 2.12. The first-order valence-corrected chi connectivity index (χ1v) is 18.4. The molecule has 0 bridgehead atoms. The number of ether oxygens (including phenoxy) is 4. The molecule has 0 radical (unpaired) electrons. The number of carbonyl (C=O) groups excluding carboxylic acids is 4. The number of carbonyl (C=O) groups is 4. The maximum absolute atomic E-state index is 13.4. The quantitative estimate of drug-likeness (QED) is 0.137. The summed E-state index contributed by atoms with van der Waals surface area (Å²) >= 11 is 0. The first kappa shape index (κ1) is 43.7. The Kier molecular flexibility index (Phi) is 19.3. The second-order valence-electron chi connectivity index (χ2n) is 14.9. The number of alkyl carbamates (subject to hydrolysis) is 1. The zero-order chi connectivity index (χ0) is 38.0. The zero-order valence-corrected chi connectivity index (χ0v) is 32.1. The number of hydrogen-bond acceptors (Lipinski definition) is 9. The molecule has 1 aliphatic rings. The summed E-state index contributed by atoms with van der Waals surface area (Å²) in [5.41, 5.74) is -0.337. The normalized spacial score (nSPS) is 15.9. The highest BCUT2D eigenvalue weighted by Crippen LogP contribution is 2.25. The van der Waals surface area contributed by atoms with Gasteiger partial charge in [-0.15, -0.1) is 0 Å². The van der Waals surface area contributed by atoms with Crippen molar-refractivity contribution in [3.05, 3.63) is 29.8 Å². The molecule has 13 heteroatoms. The number of benzene rings is 1. The van der Waals surface area contributed by atoms with Crippen molar-refractivity contribution in [1.29, 1.82) is 0 Å². The average molecular weight is 721 g/mol. The van der Waals surface area contributed by atoms with Crippen LogP contribution < -0.4 is 20.7 Å². The summed E-state index contributed by atoms with van der Waals surface area (Å²) in [7, 11) is 1.66. The van der Waals surface area contributed by atoms with Crippen molar-refractivity contribution >= 4 is 23.8 Å². The SMILES string of the molecule is COCCCCOc1ccccc1C(=O)NC[C@@H](C[C@H](NC(=O)OC(C)(C)C)[C@@H](O)C[C@H](C(=O)NCCC(=O)N1CCOCC1)C(C)C)C(C)C. The first-order valence-electron chi connectivity index (χ1n) is 18.4. The van der Waals surface area contributed by atoms with E-state index in [4.69, 9.17) is 18.9 Å². The fraction of sp³-hybridized carbons (Fsp3) is 0.737. The number of methoxy groups -OCH3 is 1. The minimum Gasteiger partial charge on any atom is -0.493 e. The van der Waals surface area contributed by atoms with Gasteiger partial charge < -0.3 is 44.9 Å². The second kappa shape index (κ2) is 22.5. The maximum Gasteiger partial charge on any atom is 0.407 e. The van der Waals surface area contributed by atoms with E-state index in [1.54, 1.807) is 51.0 Å². The van der Waals surface area contributed by atoms with Gasteiger partial charge in [0.05, 0.1) is 37.5 Å².